The second kappa shape index (κ2) is 34.1. The minimum atomic E-state index is -0.114. The third kappa shape index (κ3) is 13.6. The Bertz CT molecular complexity index is 9540. The van der Waals surface area contributed by atoms with E-state index >= 15 is 0 Å². The van der Waals surface area contributed by atoms with Crippen LogP contribution in [0.2, 0.25) is 0 Å². The monoisotopic (exact) mass is 1880 g/mol. The predicted molar refractivity (Wildman–Crippen MR) is 621 cm³/mol. The number of rotatable bonds is 12. The molecule has 147 heavy (non-hydrogen) atoms. The Balaban J connectivity index is 0.000000108. The van der Waals surface area contributed by atoms with E-state index in [1.807, 2.05) is 0 Å². The summed E-state index contributed by atoms with van der Waals surface area (Å²) in [5.74, 6) is 0.333. The van der Waals surface area contributed by atoms with E-state index in [1.165, 1.54) is 209 Å². The molecule has 25 aromatic rings. The van der Waals surface area contributed by atoms with E-state index in [0.29, 0.717) is 5.92 Å². The van der Waals surface area contributed by atoms with Crippen LogP contribution in [0, 0.1) is 0 Å². The van der Waals surface area contributed by atoms with Crippen LogP contribution in [0.3, 0.4) is 0 Å². The number of nitrogens with zero attached hydrogens (tertiary/aromatic N) is 6. The van der Waals surface area contributed by atoms with Crippen molar-refractivity contribution in [3.8, 4) is 72.7 Å². The molecule has 4 heterocycles. The fourth-order valence-corrected chi connectivity index (χ4v) is 25.8. The highest BCUT2D eigenvalue weighted by molar-refractivity contribution is 6.27. The normalized spacial score (nSPS) is 14.8. The van der Waals surface area contributed by atoms with Crippen LogP contribution in [-0.4, -0.2) is 19.7 Å². The Morgan fingerprint density at radius 1 is 0.218 bits per heavy atom. The van der Waals surface area contributed by atoms with Crippen molar-refractivity contribution in [3.05, 3.63) is 549 Å². The van der Waals surface area contributed by atoms with Gasteiger partial charge in [0.15, 0.2) is 0 Å². The molecule has 0 saturated heterocycles. The number of fused-ring (bicyclic) bond motifs is 21. The Hall–Kier alpha value is -18.1. The summed E-state index contributed by atoms with van der Waals surface area (Å²) in [4.78, 5) is 7.21. The summed E-state index contributed by atoms with van der Waals surface area (Å²) in [5, 5.41) is 15.7. The molecule has 698 valence electrons. The van der Waals surface area contributed by atoms with Crippen LogP contribution in [0.15, 0.2) is 510 Å². The molecule has 2 unspecified atom stereocenters. The van der Waals surface area contributed by atoms with E-state index in [9.17, 15) is 0 Å². The maximum absolute atomic E-state index is 2.54. The Kier molecular flexibility index (Phi) is 20.1. The van der Waals surface area contributed by atoms with Gasteiger partial charge < -0.3 is 28.4 Å². The number of allylic oxidation sites excluding steroid dienone is 2. The summed E-state index contributed by atoms with van der Waals surface area (Å²) >= 11 is 0. The van der Waals surface area contributed by atoms with Gasteiger partial charge in [-0.2, -0.15) is 0 Å². The van der Waals surface area contributed by atoms with Crippen molar-refractivity contribution >= 4 is 143 Å². The molecular formula is C141H104N6. The van der Waals surface area contributed by atoms with Gasteiger partial charge in [0.1, 0.15) is 0 Å². The van der Waals surface area contributed by atoms with Gasteiger partial charge in [0.25, 0.3) is 0 Å². The molecule has 1 aliphatic heterocycles. The van der Waals surface area contributed by atoms with Crippen molar-refractivity contribution in [3.63, 3.8) is 0 Å². The number of hydrogen-bond donors (Lipinski definition) is 0. The second-order valence-electron chi connectivity index (χ2n) is 41.7. The van der Waals surface area contributed by atoms with E-state index in [-0.39, 0.29) is 22.3 Å². The molecule has 4 aliphatic carbocycles. The zero-order chi connectivity index (χ0) is 98.1. The van der Waals surface area contributed by atoms with Gasteiger partial charge >= 0.3 is 0 Å². The van der Waals surface area contributed by atoms with Gasteiger partial charge in [-0.15, -0.1) is 0 Å². The molecule has 0 fully saturated rings. The molecule has 22 aromatic carbocycles. The van der Waals surface area contributed by atoms with Gasteiger partial charge in [-0.1, -0.05) is 393 Å². The molecular weight excluding hydrogens is 1780 g/mol. The largest absolute Gasteiger partial charge is 0.333 e. The standard InChI is InChI=1S/C55H40N2.2C43H32N2/c1-55(2)49-21-11-9-20-47(49)53-52-41(18-13-22-50(52)55)36-48-46-19-10-12-23-51(46)57(54(48)53)45-34-32-44(33-35-45)56(42-28-24-39(25-29-42)37-14-5-3-6-15-37)43-30-26-40(27-31-43)38-16-7-4-8-17-38;1-43(2)35-19-9-6-18-33(35)41-40-27(13-12-20-36(40)43)25-34-31-17-8-11-22-38(31)45(42(34)41)29-23-24-32-30-16-7-10-21-37(30)44(39(32)26-29)28-14-4-3-5-15-28;1-43(2)37-21-11-9-20-35(37)41-40-29(14-13-22-38(40)43)28-36-34-19-10-12-23-39(34)45(42(36)41)33-26-24-32(25-27-33)44(30-15-5-3-6-16-30)31-17-7-4-8-18-31/h3-36H,1-2H3;3-26,30,37H,1-2H3;3-28H,1-2H3. The van der Waals surface area contributed by atoms with E-state index in [1.54, 1.807) is 0 Å². The lowest BCUT2D eigenvalue weighted by Crippen LogP contribution is -2.28. The van der Waals surface area contributed by atoms with E-state index in [0.717, 1.165) is 45.5 Å². The Morgan fingerprint density at radius 2 is 0.510 bits per heavy atom. The highest BCUT2D eigenvalue weighted by Crippen LogP contribution is 2.59. The van der Waals surface area contributed by atoms with Gasteiger partial charge in [-0.3, -0.25) is 0 Å². The Morgan fingerprint density at radius 3 is 0.891 bits per heavy atom. The smallest absolute Gasteiger partial charge is 0.0629 e. The van der Waals surface area contributed by atoms with Gasteiger partial charge in [0.2, 0.25) is 0 Å². The number of hydrogen-bond acceptors (Lipinski definition) is 3. The second-order valence-corrected chi connectivity index (χ2v) is 41.7. The first-order chi connectivity index (χ1) is 72.3. The minimum absolute atomic E-state index is 0.0886. The molecule has 0 spiro atoms. The lowest BCUT2D eigenvalue weighted by molar-refractivity contribution is 0.645. The maximum atomic E-state index is 2.54. The lowest BCUT2D eigenvalue weighted by Gasteiger charge is -2.35. The highest BCUT2D eigenvalue weighted by Gasteiger charge is 2.42. The van der Waals surface area contributed by atoms with Crippen molar-refractivity contribution in [2.24, 2.45) is 0 Å². The summed E-state index contributed by atoms with van der Waals surface area (Å²) in [7, 11) is 0. The first-order valence-corrected chi connectivity index (χ1v) is 51.6. The van der Waals surface area contributed by atoms with Gasteiger partial charge in [0.05, 0.1) is 39.1 Å². The molecule has 6 nitrogen and oxygen atoms in total. The quantitative estimate of drug-likeness (QED) is 0.122. The Labute approximate surface area is 856 Å². The molecule has 0 bridgehead atoms. The van der Waals surface area contributed by atoms with Gasteiger partial charge in [-0.25, -0.2) is 0 Å². The summed E-state index contributed by atoms with van der Waals surface area (Å²) in [5.41, 5.74) is 42.4. The summed E-state index contributed by atoms with van der Waals surface area (Å²) < 4.78 is 7.54. The topological polar surface area (TPSA) is 24.5 Å². The van der Waals surface area contributed by atoms with Gasteiger partial charge in [-0.05, 0) is 268 Å². The highest BCUT2D eigenvalue weighted by atomic mass is 15.2. The van der Waals surface area contributed by atoms with Crippen molar-refractivity contribution in [2.75, 3.05) is 14.7 Å². The van der Waals surface area contributed by atoms with E-state index < -0.39 is 0 Å². The van der Waals surface area contributed by atoms with Gasteiger partial charge in [0, 0.05) is 134 Å². The molecule has 3 aromatic heterocycles. The summed E-state index contributed by atoms with van der Waals surface area (Å²) in [6.45, 7) is 14.2. The lowest BCUT2D eigenvalue weighted by atomic mass is 9.68. The zero-order valence-corrected chi connectivity index (χ0v) is 82.8. The predicted octanol–water partition coefficient (Wildman–Crippen LogP) is 37.7. The first kappa shape index (κ1) is 86.8. The van der Waals surface area contributed by atoms with Crippen LogP contribution in [-0.2, 0) is 16.2 Å². The zero-order valence-electron chi connectivity index (χ0n) is 82.8. The molecule has 2 atom stereocenters. The third-order valence-corrected chi connectivity index (χ3v) is 32.6. The average molecular weight is 1880 g/mol. The molecule has 5 aliphatic rings. The SMILES string of the molecule is CC1(C)c2ccccc2-c2c3c1cccc3cc1c3ccccc3n(-c3ccc(N(c4ccc(-c5ccccc5)cc4)c4ccc(-c5ccccc5)cc4)cc3)c21.CC1(C)c2ccccc2-c2c3c1cccc3cc1c3ccccc3n(-c3ccc(N(c4ccccc4)c4ccccc4)cc3)c21.CC1(C)c2ccccc2-c2c3c1cccc3cc1c3ccccc3n(-c3ccc4c(c3)N(c3ccccc3)C3C=CC=CC43)c21. The summed E-state index contributed by atoms with van der Waals surface area (Å²) in [6, 6.07) is 178. The fraction of sp³-hybridized carbons (Fsp3) is 0.0780. The molecule has 0 radical (unpaired) electrons. The third-order valence-electron chi connectivity index (χ3n) is 32.6. The molecule has 6 heteroatoms. The summed E-state index contributed by atoms with van der Waals surface area (Å²) in [6.07, 6.45) is 9.12. The number of benzene rings is 22. The maximum Gasteiger partial charge on any atom is 0.0629 e. The van der Waals surface area contributed by atoms with Crippen LogP contribution in [0.5, 0.6) is 0 Å². The minimum Gasteiger partial charge on any atom is -0.333 e. The van der Waals surface area contributed by atoms with Crippen LogP contribution < -0.4 is 14.7 Å². The van der Waals surface area contributed by atoms with Crippen molar-refractivity contribution in [2.45, 2.75) is 69.7 Å². The van der Waals surface area contributed by atoms with Crippen molar-refractivity contribution in [1.29, 1.82) is 0 Å². The van der Waals surface area contributed by atoms with E-state index in [4.69, 9.17) is 0 Å². The van der Waals surface area contributed by atoms with Crippen molar-refractivity contribution < 1.29 is 0 Å². The molecule has 0 amide bonds. The van der Waals surface area contributed by atoms with Crippen LogP contribution in [0.4, 0.5) is 45.5 Å². The number of para-hydroxylation sites is 6. The number of aromatic nitrogens is 3. The van der Waals surface area contributed by atoms with Crippen LogP contribution in [0.1, 0.15) is 86.4 Å². The molecule has 0 saturated carbocycles. The number of anilines is 8. The van der Waals surface area contributed by atoms with E-state index in [2.05, 4.69) is 580 Å². The molecule has 0 N–H and O–H groups in total. The van der Waals surface area contributed by atoms with Crippen LogP contribution in [0.25, 0.3) is 170 Å². The molecule has 30 rings (SSSR count). The first-order valence-electron chi connectivity index (χ1n) is 51.6. The van der Waals surface area contributed by atoms with Crippen LogP contribution >= 0.6 is 0 Å². The average Bonchev–Trinajstić information content (AvgIpc) is 1.58. The van der Waals surface area contributed by atoms with Crippen molar-refractivity contribution in [1.82, 2.24) is 13.7 Å². The fourth-order valence-electron chi connectivity index (χ4n) is 25.8.